The van der Waals surface area contributed by atoms with E-state index in [0.29, 0.717) is 5.56 Å². The van der Waals surface area contributed by atoms with Gasteiger partial charge in [-0.05, 0) is 22.5 Å². The maximum Gasteiger partial charge on any atom is 0.123 e. The lowest BCUT2D eigenvalue weighted by Crippen LogP contribution is -2.14. The molecule has 0 unspecified atom stereocenters. The molecule has 100 valence electrons. The zero-order valence-electron chi connectivity index (χ0n) is 12.5. The minimum absolute atomic E-state index is 0.0531. The molecule has 0 atom stereocenters. The molecule has 0 aromatic carbocycles. The Morgan fingerprint density at radius 1 is 1.11 bits per heavy atom. The Bertz CT molecular complexity index is 661. The van der Waals surface area contributed by atoms with Crippen molar-refractivity contribution in [2.24, 2.45) is 0 Å². The first-order valence-corrected chi connectivity index (χ1v) is 7.30. The van der Waals surface area contributed by atoms with Gasteiger partial charge in [0.15, 0.2) is 0 Å². The highest BCUT2D eigenvalue weighted by Crippen LogP contribution is 2.39. The predicted molar refractivity (Wildman–Crippen MR) is 81.7 cm³/mol. The van der Waals surface area contributed by atoms with Gasteiger partial charge in [-0.3, -0.25) is 0 Å². The molecule has 0 radical (unpaired) electrons. The molecule has 0 saturated carbocycles. The largest absolute Gasteiger partial charge is 0.244 e. The third-order valence-corrected chi connectivity index (χ3v) is 4.64. The fourth-order valence-electron chi connectivity index (χ4n) is 2.25. The molecule has 2 aromatic heterocycles. The van der Waals surface area contributed by atoms with Crippen LogP contribution in [0.1, 0.15) is 57.5 Å². The molecule has 2 aromatic rings. The summed E-state index contributed by atoms with van der Waals surface area (Å²) >= 11 is 1.73. The van der Waals surface area contributed by atoms with Gasteiger partial charge in [0.05, 0.1) is 5.56 Å². The van der Waals surface area contributed by atoms with Crippen molar-refractivity contribution < 1.29 is 0 Å². The van der Waals surface area contributed by atoms with E-state index in [2.05, 4.69) is 58.7 Å². The molecule has 0 spiro atoms. The van der Waals surface area contributed by atoms with Crippen LogP contribution in [0.5, 0.6) is 0 Å². The first-order chi connectivity index (χ1) is 8.64. The third kappa shape index (κ3) is 2.50. The van der Waals surface area contributed by atoms with Crippen LogP contribution in [0, 0.1) is 11.3 Å². The Hall–Kier alpha value is -1.40. The lowest BCUT2D eigenvalue weighted by molar-refractivity contribution is 0.592. The van der Waals surface area contributed by atoms with Gasteiger partial charge < -0.3 is 0 Å². The molecule has 0 amide bonds. The van der Waals surface area contributed by atoms with Crippen molar-refractivity contribution in [3.8, 4) is 6.07 Å². The lowest BCUT2D eigenvalue weighted by Gasteiger charge is -2.21. The first-order valence-electron chi connectivity index (χ1n) is 6.48. The average Bonchev–Trinajstić information content (AvgIpc) is 2.68. The number of hydrogen-bond acceptors (Lipinski definition) is 3. The van der Waals surface area contributed by atoms with Crippen molar-refractivity contribution in [3.05, 3.63) is 28.3 Å². The van der Waals surface area contributed by atoms with Crippen LogP contribution in [-0.2, 0) is 10.8 Å². The summed E-state index contributed by atoms with van der Waals surface area (Å²) in [4.78, 5) is 6.81. The van der Waals surface area contributed by atoms with Crippen molar-refractivity contribution in [2.75, 3.05) is 0 Å². The molecule has 2 nitrogen and oxygen atoms in total. The standard InChI is InChI=1S/C16H20N2S/c1-15(2,3)12-7-11-13(16(4,5)6)10(8-17)9-18-14(11)19-12/h7,9H,1-6H3. The summed E-state index contributed by atoms with van der Waals surface area (Å²) < 4.78 is 0. The SMILES string of the molecule is CC(C)(C)c1cc2c(C(C)(C)C)c(C#N)cnc2s1. The maximum atomic E-state index is 9.32. The van der Waals surface area contributed by atoms with Crippen molar-refractivity contribution in [3.63, 3.8) is 0 Å². The predicted octanol–water partition coefficient (Wildman–Crippen LogP) is 4.76. The van der Waals surface area contributed by atoms with Crippen LogP contribution in [0.3, 0.4) is 0 Å². The molecule has 0 saturated heterocycles. The molecular formula is C16H20N2S. The van der Waals surface area contributed by atoms with E-state index in [1.807, 2.05) is 0 Å². The fourth-order valence-corrected chi connectivity index (χ4v) is 3.32. The summed E-state index contributed by atoms with van der Waals surface area (Å²) in [5, 5.41) is 10.5. The van der Waals surface area contributed by atoms with Crippen LogP contribution in [0.25, 0.3) is 10.2 Å². The number of thiophene rings is 1. The van der Waals surface area contributed by atoms with Crippen molar-refractivity contribution in [1.29, 1.82) is 5.26 Å². The van der Waals surface area contributed by atoms with Gasteiger partial charge in [-0.2, -0.15) is 5.26 Å². The van der Waals surface area contributed by atoms with E-state index in [1.165, 1.54) is 4.88 Å². The molecule has 0 aliphatic rings. The number of fused-ring (bicyclic) bond motifs is 1. The zero-order chi connectivity index (χ0) is 14.4. The zero-order valence-corrected chi connectivity index (χ0v) is 13.3. The highest BCUT2D eigenvalue weighted by molar-refractivity contribution is 7.18. The molecule has 0 aliphatic heterocycles. The molecule has 2 rings (SSSR count). The van der Waals surface area contributed by atoms with E-state index in [-0.39, 0.29) is 10.8 Å². The van der Waals surface area contributed by atoms with Crippen molar-refractivity contribution >= 4 is 21.6 Å². The van der Waals surface area contributed by atoms with Crippen LogP contribution in [0.4, 0.5) is 0 Å². The Morgan fingerprint density at radius 2 is 1.74 bits per heavy atom. The highest BCUT2D eigenvalue weighted by Gasteiger charge is 2.25. The summed E-state index contributed by atoms with van der Waals surface area (Å²) in [6.07, 6.45) is 1.71. The van der Waals surface area contributed by atoms with Gasteiger partial charge in [0.2, 0.25) is 0 Å². The monoisotopic (exact) mass is 272 g/mol. The molecule has 3 heteroatoms. The number of pyridine rings is 1. The molecule has 0 aliphatic carbocycles. The van der Waals surface area contributed by atoms with E-state index < -0.39 is 0 Å². The van der Waals surface area contributed by atoms with Gasteiger partial charge in [0, 0.05) is 16.5 Å². The van der Waals surface area contributed by atoms with Crippen LogP contribution < -0.4 is 0 Å². The number of rotatable bonds is 0. The van der Waals surface area contributed by atoms with Gasteiger partial charge in [-0.25, -0.2) is 4.98 Å². The molecule has 0 bridgehead atoms. The third-order valence-electron chi connectivity index (χ3n) is 3.17. The van der Waals surface area contributed by atoms with E-state index in [4.69, 9.17) is 0 Å². The molecule has 19 heavy (non-hydrogen) atoms. The van der Waals surface area contributed by atoms with Gasteiger partial charge in [-0.1, -0.05) is 41.5 Å². The lowest BCUT2D eigenvalue weighted by atomic mass is 9.82. The highest BCUT2D eigenvalue weighted by atomic mass is 32.1. The Morgan fingerprint density at radius 3 is 2.21 bits per heavy atom. The summed E-state index contributed by atoms with van der Waals surface area (Å²) in [7, 11) is 0. The molecule has 0 fully saturated rings. The minimum atomic E-state index is -0.0531. The smallest absolute Gasteiger partial charge is 0.123 e. The number of hydrogen-bond donors (Lipinski definition) is 0. The Balaban J connectivity index is 2.83. The second kappa shape index (κ2) is 4.31. The number of nitrogens with zero attached hydrogens (tertiary/aromatic N) is 2. The first kappa shape index (κ1) is 14.0. The van der Waals surface area contributed by atoms with Crippen LogP contribution in [-0.4, -0.2) is 4.98 Å². The normalized spacial score (nSPS) is 12.7. The summed E-state index contributed by atoms with van der Waals surface area (Å²) in [5.41, 5.74) is 1.88. The van der Waals surface area contributed by atoms with Gasteiger partial charge in [0.1, 0.15) is 10.9 Å². The van der Waals surface area contributed by atoms with E-state index in [0.717, 1.165) is 15.8 Å². The average molecular weight is 272 g/mol. The summed E-state index contributed by atoms with van der Waals surface area (Å²) in [6, 6.07) is 4.50. The van der Waals surface area contributed by atoms with Gasteiger partial charge in [0.25, 0.3) is 0 Å². The van der Waals surface area contributed by atoms with E-state index in [1.54, 1.807) is 17.5 Å². The van der Waals surface area contributed by atoms with Crippen LogP contribution in [0.2, 0.25) is 0 Å². The van der Waals surface area contributed by atoms with E-state index in [9.17, 15) is 5.26 Å². The van der Waals surface area contributed by atoms with Gasteiger partial charge in [-0.15, -0.1) is 11.3 Å². The fraction of sp³-hybridized carbons (Fsp3) is 0.500. The van der Waals surface area contributed by atoms with Crippen LogP contribution in [0.15, 0.2) is 12.3 Å². The van der Waals surface area contributed by atoms with Gasteiger partial charge >= 0.3 is 0 Å². The van der Waals surface area contributed by atoms with Crippen molar-refractivity contribution in [2.45, 2.75) is 52.4 Å². The Labute approximate surface area is 119 Å². The molecule has 0 N–H and O–H groups in total. The quantitative estimate of drug-likeness (QED) is 0.693. The minimum Gasteiger partial charge on any atom is -0.244 e. The maximum absolute atomic E-state index is 9.32. The van der Waals surface area contributed by atoms with Crippen molar-refractivity contribution in [1.82, 2.24) is 4.98 Å². The number of nitriles is 1. The number of aromatic nitrogens is 1. The Kier molecular flexibility index (Phi) is 3.18. The summed E-state index contributed by atoms with van der Waals surface area (Å²) in [5.74, 6) is 0. The second-order valence-electron chi connectivity index (χ2n) is 6.99. The van der Waals surface area contributed by atoms with E-state index >= 15 is 0 Å². The molecular weight excluding hydrogens is 252 g/mol. The van der Waals surface area contributed by atoms with Crippen LogP contribution >= 0.6 is 11.3 Å². The topological polar surface area (TPSA) is 36.7 Å². The molecule has 2 heterocycles. The summed E-state index contributed by atoms with van der Waals surface area (Å²) in [6.45, 7) is 13.1. The second-order valence-corrected chi connectivity index (χ2v) is 8.02.